The Morgan fingerprint density at radius 2 is 1.51 bits per heavy atom. The van der Waals surface area contributed by atoms with Crippen molar-refractivity contribution in [3.05, 3.63) is 103 Å². The van der Waals surface area contributed by atoms with E-state index in [1.807, 2.05) is 0 Å². The van der Waals surface area contributed by atoms with Gasteiger partial charge in [-0.15, -0.1) is 0 Å². The van der Waals surface area contributed by atoms with E-state index in [1.54, 1.807) is 0 Å². The third kappa shape index (κ3) is 11.1. The molecular weight excluding hydrogens is 692 g/mol. The van der Waals surface area contributed by atoms with Gasteiger partial charge in [0, 0.05) is 36.9 Å². The molecule has 0 amide bonds. The molecule has 1 aliphatic heterocycles. The summed E-state index contributed by atoms with van der Waals surface area (Å²) in [6.07, 6.45) is -1.03. The van der Waals surface area contributed by atoms with Crippen LogP contribution in [0.15, 0.2) is 69.4 Å². The lowest BCUT2D eigenvalue weighted by molar-refractivity contribution is -0.132. The molecule has 19 nitrogen and oxygen atoms in total. The molecule has 21 heteroatoms. The van der Waals surface area contributed by atoms with Crippen molar-refractivity contribution in [2.75, 3.05) is 6.61 Å². The Morgan fingerprint density at radius 1 is 0.980 bits per heavy atom. The second kappa shape index (κ2) is 16.3. The number of esters is 2. The third-order valence-corrected chi connectivity index (χ3v) is 9.61. The normalized spacial score (nSPS) is 18.7. The molecular formula is C28H31N5O14P2. The Kier molecular flexibility index (Phi) is 12.5. The fourth-order valence-electron chi connectivity index (χ4n) is 4.37. The third-order valence-electron chi connectivity index (χ3n) is 6.61. The monoisotopic (exact) mass is 723 g/mol. The van der Waals surface area contributed by atoms with Crippen LogP contribution in [0.2, 0.25) is 0 Å². The lowest BCUT2D eigenvalue weighted by Crippen LogP contribution is -2.33. The summed E-state index contributed by atoms with van der Waals surface area (Å²) in [7, 11) is -10.2. The van der Waals surface area contributed by atoms with Gasteiger partial charge in [0.15, 0.2) is 0 Å². The minimum atomic E-state index is -5.28. The van der Waals surface area contributed by atoms with Crippen LogP contribution in [-0.4, -0.2) is 45.1 Å². The zero-order valence-corrected chi connectivity index (χ0v) is 28.0. The van der Waals surface area contributed by atoms with Crippen molar-refractivity contribution in [2.45, 2.75) is 58.8 Å². The van der Waals surface area contributed by atoms with Gasteiger partial charge in [0.1, 0.15) is 17.7 Å². The van der Waals surface area contributed by atoms with Gasteiger partial charge in [0.25, 0.3) is 5.56 Å². The van der Waals surface area contributed by atoms with E-state index in [4.69, 9.17) is 37.6 Å². The zero-order chi connectivity index (χ0) is 35.8. The molecule has 4 rings (SSSR count). The van der Waals surface area contributed by atoms with Crippen LogP contribution in [0.25, 0.3) is 10.4 Å². The lowest BCUT2D eigenvalue weighted by atomic mass is 10.1. The number of benzene rings is 2. The van der Waals surface area contributed by atoms with E-state index in [0.29, 0.717) is 11.1 Å². The molecule has 1 saturated heterocycles. The Hall–Kier alpha value is -4.41. The van der Waals surface area contributed by atoms with E-state index in [2.05, 4.69) is 15.0 Å². The number of hydrogen-bond donors (Lipinski definition) is 2. The summed E-state index contributed by atoms with van der Waals surface area (Å²) < 4.78 is 64.3. The molecule has 2 N–H and O–H groups in total. The van der Waals surface area contributed by atoms with Gasteiger partial charge < -0.3 is 19.1 Å². The quantitative estimate of drug-likeness (QED) is 0.0552. The number of aryl methyl sites for hydroxylation is 1. The number of hydrogen-bond acceptors (Lipinski definition) is 14. The molecule has 4 atom stereocenters. The lowest BCUT2D eigenvalue weighted by Gasteiger charge is -2.22. The number of aromatic amines is 1. The Labute approximate surface area is 277 Å². The van der Waals surface area contributed by atoms with Crippen molar-refractivity contribution in [3.8, 4) is 11.5 Å². The highest BCUT2D eigenvalue weighted by Crippen LogP contribution is 2.64. The first-order chi connectivity index (χ1) is 23.1. The summed E-state index contributed by atoms with van der Waals surface area (Å²) in [6, 6.07) is 10.7. The SMILES string of the molecule is CC(=O)Oc1ccc(COP(=O)(OCc2ccc(OC(C)=O)cc2)OP(=O)(O)OC[C@H]2O[C@@H](n3cc(C)c(=O)[nH]c3=O)CC2N=[N+]=[N-])cc1. The molecule has 1 fully saturated rings. The predicted molar refractivity (Wildman–Crippen MR) is 167 cm³/mol. The fourth-order valence-corrected chi connectivity index (χ4v) is 6.97. The number of ether oxygens (including phenoxy) is 3. The van der Waals surface area contributed by atoms with E-state index < -0.39 is 77.0 Å². The molecule has 0 bridgehead atoms. The molecule has 262 valence electrons. The van der Waals surface area contributed by atoms with Crippen LogP contribution in [0, 0.1) is 6.92 Å². The highest BCUT2D eigenvalue weighted by Gasteiger charge is 2.42. The number of carbonyl (C=O) groups excluding carboxylic acids is 2. The molecule has 0 radical (unpaired) electrons. The van der Waals surface area contributed by atoms with Gasteiger partial charge in [-0.2, -0.15) is 4.31 Å². The van der Waals surface area contributed by atoms with Gasteiger partial charge in [0.05, 0.1) is 32.0 Å². The van der Waals surface area contributed by atoms with Crippen molar-refractivity contribution in [1.82, 2.24) is 9.55 Å². The Balaban J connectivity index is 1.48. The maximum absolute atomic E-state index is 13.7. The van der Waals surface area contributed by atoms with Crippen molar-refractivity contribution in [2.24, 2.45) is 5.11 Å². The molecule has 3 aromatic rings. The molecule has 0 aliphatic carbocycles. The minimum Gasteiger partial charge on any atom is -0.427 e. The minimum absolute atomic E-state index is 0.0583. The zero-order valence-electron chi connectivity index (χ0n) is 26.2. The number of carbonyl (C=O) groups is 2. The predicted octanol–water partition coefficient (Wildman–Crippen LogP) is 4.34. The number of nitrogens with one attached hydrogen (secondary N) is 1. The van der Waals surface area contributed by atoms with Crippen LogP contribution in [0.3, 0.4) is 0 Å². The van der Waals surface area contributed by atoms with E-state index in [-0.39, 0.29) is 23.5 Å². The summed E-state index contributed by atoms with van der Waals surface area (Å²) in [5.74, 6) is -0.624. The first-order valence-corrected chi connectivity index (χ1v) is 17.2. The standard InChI is InChI=1S/C28H31N5O14P2/c1-17-13-33(28(37)30-27(17)36)26-12-24(31-32-29)25(46-26)16-41-48(38,39)47-49(40,42-14-20-4-8-22(9-5-20)44-18(2)34)43-15-21-6-10-23(11-7-21)45-19(3)35/h4-11,13,24-26H,12,14-16H2,1-3H3,(H,38,39)(H,30,36,37)/t24?,25-,26-/m1/s1. The van der Waals surface area contributed by atoms with Gasteiger partial charge in [-0.05, 0) is 47.8 Å². The topological polar surface area (TPSA) is 257 Å². The van der Waals surface area contributed by atoms with Gasteiger partial charge >= 0.3 is 33.3 Å². The van der Waals surface area contributed by atoms with Crippen LogP contribution in [-0.2, 0) is 54.6 Å². The van der Waals surface area contributed by atoms with E-state index in [9.17, 15) is 33.2 Å². The fraction of sp³-hybridized carbons (Fsp3) is 0.357. The average Bonchev–Trinajstić information content (AvgIpc) is 3.43. The molecule has 0 saturated carbocycles. The molecule has 49 heavy (non-hydrogen) atoms. The summed E-state index contributed by atoms with van der Waals surface area (Å²) >= 11 is 0. The van der Waals surface area contributed by atoms with Crippen LogP contribution >= 0.6 is 15.6 Å². The van der Waals surface area contributed by atoms with Crippen molar-refractivity contribution in [1.29, 1.82) is 0 Å². The largest absolute Gasteiger partial charge is 0.484 e. The van der Waals surface area contributed by atoms with Crippen LogP contribution < -0.4 is 20.7 Å². The number of azide groups is 1. The van der Waals surface area contributed by atoms with Crippen LogP contribution in [0.5, 0.6) is 11.5 Å². The summed E-state index contributed by atoms with van der Waals surface area (Å²) in [6.45, 7) is 2.27. The number of phosphoric acid groups is 2. The molecule has 2 heterocycles. The Bertz CT molecular complexity index is 1860. The molecule has 1 aliphatic rings. The van der Waals surface area contributed by atoms with Gasteiger partial charge in [-0.3, -0.25) is 37.5 Å². The molecule has 1 aromatic heterocycles. The van der Waals surface area contributed by atoms with Crippen LogP contribution in [0.4, 0.5) is 0 Å². The van der Waals surface area contributed by atoms with Crippen LogP contribution in [0.1, 0.15) is 43.2 Å². The first-order valence-electron chi connectivity index (χ1n) is 14.3. The molecule has 2 aromatic carbocycles. The maximum atomic E-state index is 13.7. The van der Waals surface area contributed by atoms with Crippen molar-refractivity contribution < 1.29 is 55.7 Å². The highest BCUT2D eigenvalue weighted by atomic mass is 31.3. The summed E-state index contributed by atoms with van der Waals surface area (Å²) in [4.78, 5) is 62.0. The van der Waals surface area contributed by atoms with E-state index in [1.165, 1.54) is 75.5 Å². The summed E-state index contributed by atoms with van der Waals surface area (Å²) in [5.41, 5.74) is 8.61. The highest BCUT2D eigenvalue weighted by molar-refractivity contribution is 7.61. The van der Waals surface area contributed by atoms with E-state index >= 15 is 0 Å². The second-order valence-electron chi connectivity index (χ2n) is 10.4. The number of H-pyrrole nitrogens is 1. The van der Waals surface area contributed by atoms with Gasteiger partial charge in [-0.25, -0.2) is 13.9 Å². The Morgan fingerprint density at radius 3 is 2.00 bits per heavy atom. The number of rotatable bonds is 15. The van der Waals surface area contributed by atoms with Crippen molar-refractivity contribution >= 4 is 27.6 Å². The first kappa shape index (κ1) is 37.4. The smallest absolute Gasteiger partial charge is 0.427 e. The van der Waals surface area contributed by atoms with E-state index in [0.717, 1.165) is 4.57 Å². The number of phosphoric ester groups is 2. The molecule has 0 spiro atoms. The van der Waals surface area contributed by atoms with Crippen molar-refractivity contribution in [3.63, 3.8) is 0 Å². The number of nitrogens with zero attached hydrogens (tertiary/aromatic N) is 4. The molecule has 2 unspecified atom stereocenters. The van der Waals surface area contributed by atoms with Gasteiger partial charge in [-0.1, -0.05) is 29.4 Å². The summed E-state index contributed by atoms with van der Waals surface area (Å²) in [5, 5.41) is 3.61. The maximum Gasteiger partial charge on any atom is 0.484 e. The second-order valence-corrected chi connectivity index (χ2v) is 13.7. The average molecular weight is 724 g/mol. The van der Waals surface area contributed by atoms with Gasteiger partial charge in [0.2, 0.25) is 0 Å². The number of aromatic nitrogens is 2.